The van der Waals surface area contributed by atoms with Crippen LogP contribution in [0.4, 0.5) is 9.39 Å². The number of hydrogen-bond acceptors (Lipinski definition) is 6. The number of amides is 1. The van der Waals surface area contributed by atoms with Gasteiger partial charge in [-0.2, -0.15) is 9.78 Å². The molecule has 0 bridgehead atoms. The van der Waals surface area contributed by atoms with Crippen LogP contribution in [0.3, 0.4) is 0 Å². The zero-order chi connectivity index (χ0) is 20.5. The Labute approximate surface area is 169 Å². The number of rotatable bonds is 5. The van der Waals surface area contributed by atoms with E-state index in [1.54, 1.807) is 12.3 Å². The van der Waals surface area contributed by atoms with Crippen LogP contribution in [-0.2, 0) is 9.53 Å². The maximum Gasteiger partial charge on any atom is 0.359 e. The van der Waals surface area contributed by atoms with E-state index in [9.17, 15) is 18.8 Å². The molecule has 0 radical (unpaired) electrons. The fraction of sp³-hybridized carbons (Fsp3) is 0.300. The summed E-state index contributed by atoms with van der Waals surface area (Å²) in [4.78, 5) is 38.0. The van der Waals surface area contributed by atoms with E-state index in [0.29, 0.717) is 16.1 Å². The first-order chi connectivity index (χ1) is 14.0. The van der Waals surface area contributed by atoms with Gasteiger partial charge in [-0.3, -0.25) is 9.59 Å². The van der Waals surface area contributed by atoms with Gasteiger partial charge < -0.3 is 10.1 Å². The van der Waals surface area contributed by atoms with Gasteiger partial charge in [0.25, 0.3) is 5.56 Å². The average molecular weight is 415 g/mol. The van der Waals surface area contributed by atoms with E-state index < -0.39 is 17.3 Å². The average Bonchev–Trinajstić information content (AvgIpc) is 3.06. The van der Waals surface area contributed by atoms with Crippen molar-refractivity contribution in [3.63, 3.8) is 0 Å². The SMILES string of the molecule is CCOC(=O)c1nn(-c2ccc(F)cc2)c(=O)c2c(NC(=O)C3CCC3)scc12. The summed E-state index contributed by atoms with van der Waals surface area (Å²) in [6.45, 7) is 1.82. The number of halogens is 1. The molecule has 2 aromatic heterocycles. The Morgan fingerprint density at radius 2 is 2.03 bits per heavy atom. The van der Waals surface area contributed by atoms with Crippen molar-refractivity contribution in [3.05, 3.63) is 51.5 Å². The molecule has 9 heteroatoms. The van der Waals surface area contributed by atoms with Crippen molar-refractivity contribution in [3.8, 4) is 5.69 Å². The van der Waals surface area contributed by atoms with Crippen molar-refractivity contribution in [1.82, 2.24) is 9.78 Å². The summed E-state index contributed by atoms with van der Waals surface area (Å²) in [5.41, 5.74) is -0.248. The third-order valence-corrected chi connectivity index (χ3v) is 5.80. The van der Waals surface area contributed by atoms with E-state index in [1.165, 1.54) is 24.3 Å². The molecule has 1 aromatic carbocycles. The zero-order valence-electron chi connectivity index (χ0n) is 15.6. The lowest BCUT2D eigenvalue weighted by molar-refractivity contribution is -0.122. The number of carbonyl (C=O) groups excluding carboxylic acids is 2. The number of ether oxygens (including phenoxy) is 1. The number of aromatic nitrogens is 2. The van der Waals surface area contributed by atoms with Gasteiger partial charge in [0, 0.05) is 16.7 Å². The van der Waals surface area contributed by atoms with E-state index in [2.05, 4.69) is 10.4 Å². The number of benzene rings is 1. The van der Waals surface area contributed by atoms with Gasteiger partial charge in [0.05, 0.1) is 17.7 Å². The quantitative estimate of drug-likeness (QED) is 0.644. The third kappa shape index (κ3) is 3.53. The van der Waals surface area contributed by atoms with Crippen LogP contribution in [0.1, 0.15) is 36.7 Å². The van der Waals surface area contributed by atoms with Crippen LogP contribution < -0.4 is 10.9 Å². The minimum atomic E-state index is -0.678. The summed E-state index contributed by atoms with van der Waals surface area (Å²) in [7, 11) is 0. The highest BCUT2D eigenvalue weighted by atomic mass is 32.1. The molecule has 7 nitrogen and oxygen atoms in total. The number of nitrogens with one attached hydrogen (secondary N) is 1. The summed E-state index contributed by atoms with van der Waals surface area (Å²) in [5, 5.41) is 9.48. The lowest BCUT2D eigenvalue weighted by Crippen LogP contribution is -2.29. The second-order valence-electron chi connectivity index (χ2n) is 6.73. The second-order valence-corrected chi connectivity index (χ2v) is 7.61. The summed E-state index contributed by atoms with van der Waals surface area (Å²) in [6, 6.07) is 5.18. The van der Waals surface area contributed by atoms with Gasteiger partial charge in [-0.05, 0) is 44.0 Å². The molecule has 150 valence electrons. The molecule has 2 heterocycles. The molecule has 29 heavy (non-hydrogen) atoms. The fourth-order valence-electron chi connectivity index (χ4n) is 3.13. The normalized spacial score (nSPS) is 13.9. The molecule has 1 saturated carbocycles. The molecule has 0 aliphatic heterocycles. The molecule has 3 aromatic rings. The van der Waals surface area contributed by atoms with E-state index in [4.69, 9.17) is 4.74 Å². The molecule has 1 N–H and O–H groups in total. The molecule has 0 unspecified atom stereocenters. The lowest BCUT2D eigenvalue weighted by atomic mass is 9.85. The van der Waals surface area contributed by atoms with Gasteiger partial charge in [-0.1, -0.05) is 6.42 Å². The Kier molecular flexibility index (Phi) is 5.14. The summed E-state index contributed by atoms with van der Waals surface area (Å²) in [6.07, 6.45) is 2.66. The van der Waals surface area contributed by atoms with Crippen LogP contribution >= 0.6 is 11.3 Å². The van der Waals surface area contributed by atoms with Crippen molar-refractivity contribution in [2.24, 2.45) is 5.92 Å². The van der Waals surface area contributed by atoms with Crippen LogP contribution in [0.15, 0.2) is 34.4 Å². The van der Waals surface area contributed by atoms with Gasteiger partial charge in [-0.15, -0.1) is 11.3 Å². The molecule has 0 saturated heterocycles. The molecule has 1 aliphatic carbocycles. The molecule has 1 fully saturated rings. The molecular weight excluding hydrogens is 397 g/mol. The van der Waals surface area contributed by atoms with Gasteiger partial charge in [0.2, 0.25) is 5.91 Å². The van der Waals surface area contributed by atoms with Gasteiger partial charge in [-0.25, -0.2) is 9.18 Å². The van der Waals surface area contributed by atoms with Crippen LogP contribution in [-0.4, -0.2) is 28.3 Å². The maximum atomic E-state index is 13.3. The van der Waals surface area contributed by atoms with Gasteiger partial charge in [0.1, 0.15) is 10.8 Å². The highest BCUT2D eigenvalue weighted by Gasteiger charge is 2.28. The second kappa shape index (κ2) is 7.75. The fourth-order valence-corrected chi connectivity index (χ4v) is 4.07. The number of fused-ring (bicyclic) bond motifs is 1. The van der Waals surface area contributed by atoms with E-state index in [0.717, 1.165) is 35.3 Å². The Morgan fingerprint density at radius 3 is 2.66 bits per heavy atom. The molecule has 4 rings (SSSR count). The summed E-state index contributed by atoms with van der Waals surface area (Å²) in [5.74, 6) is -1.33. The first kappa shape index (κ1) is 19.3. The first-order valence-electron chi connectivity index (χ1n) is 9.28. The predicted molar refractivity (Wildman–Crippen MR) is 107 cm³/mol. The van der Waals surface area contributed by atoms with E-state index in [-0.39, 0.29) is 29.5 Å². The van der Waals surface area contributed by atoms with Crippen LogP contribution in [0.25, 0.3) is 16.5 Å². The van der Waals surface area contributed by atoms with Crippen molar-refractivity contribution in [2.45, 2.75) is 26.2 Å². The van der Waals surface area contributed by atoms with Crippen LogP contribution in [0.2, 0.25) is 0 Å². The van der Waals surface area contributed by atoms with Crippen molar-refractivity contribution >= 4 is 39.0 Å². The highest BCUT2D eigenvalue weighted by molar-refractivity contribution is 7.16. The van der Waals surface area contributed by atoms with Gasteiger partial charge >= 0.3 is 5.97 Å². The minimum absolute atomic E-state index is 0.0360. The minimum Gasteiger partial charge on any atom is -0.461 e. The van der Waals surface area contributed by atoms with Crippen LogP contribution in [0.5, 0.6) is 0 Å². The molecule has 1 amide bonds. The Balaban J connectivity index is 1.88. The van der Waals surface area contributed by atoms with Crippen LogP contribution in [0, 0.1) is 11.7 Å². The molecular formula is C20H18FN3O4S. The topological polar surface area (TPSA) is 90.3 Å². The van der Waals surface area contributed by atoms with Gasteiger partial charge in [0.15, 0.2) is 5.69 Å². The Morgan fingerprint density at radius 1 is 1.31 bits per heavy atom. The summed E-state index contributed by atoms with van der Waals surface area (Å²) >= 11 is 1.16. The monoisotopic (exact) mass is 415 g/mol. The number of nitrogens with zero attached hydrogens (tertiary/aromatic N) is 2. The molecule has 0 atom stereocenters. The number of thiophene rings is 1. The predicted octanol–water partition coefficient (Wildman–Crippen LogP) is 3.50. The Bertz CT molecular complexity index is 1150. The molecule has 1 aliphatic rings. The first-order valence-corrected chi connectivity index (χ1v) is 10.2. The third-order valence-electron chi connectivity index (χ3n) is 4.91. The Hall–Kier alpha value is -3.07. The largest absolute Gasteiger partial charge is 0.461 e. The number of esters is 1. The summed E-state index contributed by atoms with van der Waals surface area (Å²) < 4.78 is 19.4. The standard InChI is InChI=1S/C20H18FN3O4S/c1-2-28-20(27)16-14-10-29-18(22-17(25)11-4-3-5-11)15(14)19(26)24(23-16)13-8-6-12(21)7-9-13/h6-11H,2-5H2,1H3,(H,22,25). The maximum absolute atomic E-state index is 13.3. The molecule has 0 spiro atoms. The smallest absolute Gasteiger partial charge is 0.359 e. The number of carbonyl (C=O) groups is 2. The van der Waals surface area contributed by atoms with Crippen molar-refractivity contribution in [1.29, 1.82) is 0 Å². The van der Waals surface area contributed by atoms with E-state index in [1.807, 2.05) is 0 Å². The van der Waals surface area contributed by atoms with E-state index >= 15 is 0 Å². The van der Waals surface area contributed by atoms with Crippen molar-refractivity contribution in [2.75, 3.05) is 11.9 Å². The number of anilines is 1. The lowest BCUT2D eigenvalue weighted by Gasteiger charge is -2.23. The van der Waals surface area contributed by atoms with Crippen molar-refractivity contribution < 1.29 is 18.7 Å². The number of hydrogen-bond donors (Lipinski definition) is 1. The zero-order valence-corrected chi connectivity index (χ0v) is 16.4. The highest BCUT2D eigenvalue weighted by Crippen LogP contribution is 2.33.